The molecule has 0 N–H and O–H groups in total. The van der Waals surface area contributed by atoms with E-state index in [2.05, 4.69) is 22.3 Å². The van der Waals surface area contributed by atoms with Crippen molar-refractivity contribution in [2.24, 2.45) is 0 Å². The highest BCUT2D eigenvalue weighted by atomic mass is 32.2. The predicted molar refractivity (Wildman–Crippen MR) is 57.9 cm³/mol. The van der Waals surface area contributed by atoms with Crippen LogP contribution in [0, 0.1) is 6.92 Å². The van der Waals surface area contributed by atoms with Crippen LogP contribution in [0.3, 0.4) is 0 Å². The van der Waals surface area contributed by atoms with E-state index >= 15 is 0 Å². The maximum absolute atomic E-state index is 4.09. The van der Waals surface area contributed by atoms with Gasteiger partial charge in [-0.1, -0.05) is 30.0 Å². The molecule has 0 spiro atoms. The third kappa shape index (κ3) is 1.53. The molecular weight excluding hydrogens is 194 g/mol. The first-order valence-electron chi connectivity index (χ1n) is 4.34. The third-order valence-electron chi connectivity index (χ3n) is 1.99. The molecule has 0 aliphatic heterocycles. The highest BCUT2D eigenvalue weighted by molar-refractivity contribution is 7.98. The van der Waals surface area contributed by atoms with Crippen molar-refractivity contribution in [2.45, 2.75) is 12.1 Å². The molecule has 0 saturated carbocycles. The summed E-state index contributed by atoms with van der Waals surface area (Å²) in [6.07, 6.45) is 2.00. The monoisotopic (exact) mass is 205 g/mol. The second-order valence-electron chi connectivity index (χ2n) is 2.90. The average molecular weight is 205 g/mol. The minimum Gasteiger partial charge on any atom is -0.274 e. The summed E-state index contributed by atoms with van der Waals surface area (Å²) in [6.45, 7) is 1.96. The molecule has 0 aliphatic rings. The standard InChI is InChI=1S/C10H11N3S/c1-8-11-12-10(14-2)13(8)9-6-4-3-5-7-9/h3-7H,1-2H3. The topological polar surface area (TPSA) is 30.7 Å². The minimum atomic E-state index is 0.917. The summed E-state index contributed by atoms with van der Waals surface area (Å²) >= 11 is 1.60. The van der Waals surface area contributed by atoms with Crippen LogP contribution in [0.4, 0.5) is 0 Å². The lowest BCUT2D eigenvalue weighted by molar-refractivity contribution is 0.871. The van der Waals surface area contributed by atoms with Crippen molar-refractivity contribution in [3.8, 4) is 5.69 Å². The first kappa shape index (κ1) is 9.27. The van der Waals surface area contributed by atoms with Crippen LogP contribution < -0.4 is 0 Å². The summed E-state index contributed by atoms with van der Waals surface area (Å²) in [7, 11) is 0. The van der Waals surface area contributed by atoms with Crippen molar-refractivity contribution >= 4 is 11.8 Å². The van der Waals surface area contributed by atoms with Crippen LogP contribution in [0.15, 0.2) is 35.5 Å². The van der Waals surface area contributed by atoms with Gasteiger partial charge in [-0.05, 0) is 25.3 Å². The molecule has 3 nitrogen and oxygen atoms in total. The number of para-hydroxylation sites is 1. The second kappa shape index (κ2) is 3.84. The molecule has 0 fully saturated rings. The molecule has 0 bridgehead atoms. The van der Waals surface area contributed by atoms with Gasteiger partial charge in [0.15, 0.2) is 5.16 Å². The molecule has 14 heavy (non-hydrogen) atoms. The van der Waals surface area contributed by atoms with Gasteiger partial charge in [0, 0.05) is 5.69 Å². The van der Waals surface area contributed by atoms with Crippen LogP contribution in [-0.2, 0) is 0 Å². The van der Waals surface area contributed by atoms with E-state index in [9.17, 15) is 0 Å². The van der Waals surface area contributed by atoms with Crippen molar-refractivity contribution in [3.63, 3.8) is 0 Å². The summed E-state index contributed by atoms with van der Waals surface area (Å²) in [4.78, 5) is 0. The zero-order valence-electron chi connectivity index (χ0n) is 8.14. The summed E-state index contributed by atoms with van der Waals surface area (Å²) < 4.78 is 2.05. The van der Waals surface area contributed by atoms with E-state index in [1.54, 1.807) is 11.8 Å². The van der Waals surface area contributed by atoms with Gasteiger partial charge in [-0.15, -0.1) is 10.2 Å². The number of thioether (sulfide) groups is 1. The summed E-state index contributed by atoms with van der Waals surface area (Å²) in [6, 6.07) is 10.1. The number of hydrogen-bond acceptors (Lipinski definition) is 3. The first-order valence-corrected chi connectivity index (χ1v) is 5.57. The van der Waals surface area contributed by atoms with Crippen molar-refractivity contribution in [1.29, 1.82) is 0 Å². The molecule has 1 aromatic carbocycles. The Hall–Kier alpha value is -1.29. The van der Waals surface area contributed by atoms with E-state index in [0.717, 1.165) is 16.7 Å². The molecule has 0 amide bonds. The molecule has 0 saturated heterocycles. The van der Waals surface area contributed by atoms with Crippen LogP contribution in [0.1, 0.15) is 5.82 Å². The molecule has 72 valence electrons. The second-order valence-corrected chi connectivity index (χ2v) is 3.68. The van der Waals surface area contributed by atoms with Gasteiger partial charge in [-0.3, -0.25) is 4.57 Å². The van der Waals surface area contributed by atoms with Gasteiger partial charge in [0.05, 0.1) is 0 Å². The largest absolute Gasteiger partial charge is 0.274 e. The number of nitrogens with zero attached hydrogens (tertiary/aromatic N) is 3. The number of hydrogen-bond donors (Lipinski definition) is 0. The summed E-state index contributed by atoms with van der Waals surface area (Å²) in [5, 5.41) is 9.07. The van der Waals surface area contributed by atoms with Crippen molar-refractivity contribution in [2.75, 3.05) is 6.26 Å². The SMILES string of the molecule is CSc1nnc(C)n1-c1ccccc1. The first-order chi connectivity index (χ1) is 6.83. The molecule has 1 heterocycles. The fraction of sp³-hybridized carbons (Fsp3) is 0.200. The Morgan fingerprint density at radius 1 is 1.14 bits per heavy atom. The van der Waals surface area contributed by atoms with Crippen molar-refractivity contribution in [1.82, 2.24) is 14.8 Å². The predicted octanol–water partition coefficient (Wildman–Crippen LogP) is 2.30. The van der Waals surface area contributed by atoms with E-state index in [1.165, 1.54) is 0 Å². The highest BCUT2D eigenvalue weighted by Gasteiger charge is 2.08. The average Bonchev–Trinajstić information content (AvgIpc) is 2.61. The van der Waals surface area contributed by atoms with E-state index in [0.29, 0.717) is 0 Å². The molecule has 1 aromatic heterocycles. The number of rotatable bonds is 2. The fourth-order valence-corrected chi connectivity index (χ4v) is 1.89. The number of benzene rings is 1. The van der Waals surface area contributed by atoms with Gasteiger partial charge in [-0.25, -0.2) is 0 Å². The molecule has 2 aromatic rings. The lowest BCUT2D eigenvalue weighted by Crippen LogP contribution is -1.97. The Morgan fingerprint density at radius 2 is 1.86 bits per heavy atom. The highest BCUT2D eigenvalue weighted by Crippen LogP contribution is 2.18. The lowest BCUT2D eigenvalue weighted by atomic mass is 10.3. The van der Waals surface area contributed by atoms with Crippen LogP contribution in [-0.4, -0.2) is 21.0 Å². The Morgan fingerprint density at radius 3 is 2.50 bits per heavy atom. The number of aryl methyl sites for hydroxylation is 1. The van der Waals surface area contributed by atoms with Gasteiger partial charge < -0.3 is 0 Å². The van der Waals surface area contributed by atoms with E-state index in [1.807, 2.05) is 35.9 Å². The van der Waals surface area contributed by atoms with Crippen LogP contribution in [0.5, 0.6) is 0 Å². The molecule has 2 rings (SSSR count). The van der Waals surface area contributed by atoms with Gasteiger partial charge in [0.25, 0.3) is 0 Å². The van der Waals surface area contributed by atoms with E-state index in [-0.39, 0.29) is 0 Å². The Balaban J connectivity index is 2.55. The zero-order valence-corrected chi connectivity index (χ0v) is 8.95. The molecule has 0 atom stereocenters. The number of aromatic nitrogens is 3. The minimum absolute atomic E-state index is 0.917. The van der Waals surface area contributed by atoms with Gasteiger partial charge >= 0.3 is 0 Å². The van der Waals surface area contributed by atoms with Crippen LogP contribution in [0.25, 0.3) is 5.69 Å². The molecule has 0 radical (unpaired) electrons. The van der Waals surface area contributed by atoms with E-state index < -0.39 is 0 Å². The maximum atomic E-state index is 4.09. The van der Waals surface area contributed by atoms with E-state index in [4.69, 9.17) is 0 Å². The lowest BCUT2D eigenvalue weighted by Gasteiger charge is -2.05. The normalized spacial score (nSPS) is 10.4. The van der Waals surface area contributed by atoms with Crippen LogP contribution in [0.2, 0.25) is 0 Å². The van der Waals surface area contributed by atoms with Gasteiger partial charge in [0.2, 0.25) is 0 Å². The third-order valence-corrected chi connectivity index (χ3v) is 2.62. The smallest absolute Gasteiger partial charge is 0.195 e. The molecule has 0 unspecified atom stereocenters. The zero-order chi connectivity index (χ0) is 9.97. The van der Waals surface area contributed by atoms with Crippen molar-refractivity contribution < 1.29 is 0 Å². The quantitative estimate of drug-likeness (QED) is 0.705. The molecule has 4 heteroatoms. The fourth-order valence-electron chi connectivity index (χ4n) is 1.35. The van der Waals surface area contributed by atoms with Crippen molar-refractivity contribution in [3.05, 3.63) is 36.2 Å². The molecular formula is C10H11N3S. The Kier molecular flexibility index (Phi) is 2.54. The van der Waals surface area contributed by atoms with Gasteiger partial charge in [0.1, 0.15) is 5.82 Å². The Labute approximate surface area is 87.2 Å². The maximum Gasteiger partial charge on any atom is 0.195 e. The summed E-state index contributed by atoms with van der Waals surface area (Å²) in [5.74, 6) is 0.917. The van der Waals surface area contributed by atoms with Crippen LogP contribution >= 0.6 is 11.8 Å². The Bertz CT molecular complexity index is 422. The summed E-state index contributed by atoms with van der Waals surface area (Å²) in [5.41, 5.74) is 1.11. The molecule has 0 aliphatic carbocycles. The van der Waals surface area contributed by atoms with Gasteiger partial charge in [-0.2, -0.15) is 0 Å².